The molecule has 1 unspecified atom stereocenters. The summed E-state index contributed by atoms with van der Waals surface area (Å²) in [4.78, 5) is 4.87. The second-order valence-corrected chi connectivity index (χ2v) is 7.09. The molecule has 2 aromatic carbocycles. The second kappa shape index (κ2) is 7.00. The predicted molar refractivity (Wildman–Crippen MR) is 91.7 cm³/mol. The Kier molecular flexibility index (Phi) is 4.92. The van der Waals surface area contributed by atoms with Crippen molar-refractivity contribution in [1.82, 2.24) is 15.2 Å². The van der Waals surface area contributed by atoms with E-state index in [2.05, 4.69) is 20.5 Å². The summed E-state index contributed by atoms with van der Waals surface area (Å²) in [5.74, 6) is 0.403. The molecule has 1 heterocycles. The van der Waals surface area contributed by atoms with E-state index < -0.39 is 22.9 Å². The molecule has 3 rings (SSSR count). The van der Waals surface area contributed by atoms with Crippen LogP contribution in [0.4, 0.5) is 24.8 Å². The molecule has 0 bridgehead atoms. The molecule has 136 valence electrons. The quantitative estimate of drug-likeness (QED) is 0.660. The third kappa shape index (κ3) is 3.83. The number of hydrogen-bond donors (Lipinski definition) is 2. The number of aromatic amines is 1. The molecular formula is C17H15F3N4OS. The van der Waals surface area contributed by atoms with Crippen LogP contribution in [-0.4, -0.2) is 19.7 Å². The highest BCUT2D eigenvalue weighted by Gasteiger charge is 2.31. The van der Waals surface area contributed by atoms with Gasteiger partial charge >= 0.3 is 6.18 Å². The van der Waals surface area contributed by atoms with Gasteiger partial charge in [0, 0.05) is 28.0 Å². The van der Waals surface area contributed by atoms with Crippen molar-refractivity contribution in [2.45, 2.75) is 29.8 Å². The van der Waals surface area contributed by atoms with Gasteiger partial charge in [-0.3, -0.25) is 5.10 Å². The maximum atomic E-state index is 12.9. The molecular weight excluding hydrogens is 365 g/mol. The topological polar surface area (TPSA) is 76.7 Å². The van der Waals surface area contributed by atoms with Crippen LogP contribution in [0.2, 0.25) is 0 Å². The standard InChI is InChI=1S/C17H15F3N4OS/c1-10-7-13(23-16-21-9-22-24-16)8-11(2)15(10)26(25)14-5-3-12(4-6-14)17(18,19)20/h3-9H,1-2H3,(H2,21,22,23,24). The minimum Gasteiger partial charge on any atom is -0.606 e. The Morgan fingerprint density at radius 3 is 2.19 bits per heavy atom. The zero-order chi connectivity index (χ0) is 18.9. The van der Waals surface area contributed by atoms with Gasteiger partial charge in [0.25, 0.3) is 0 Å². The number of benzene rings is 2. The van der Waals surface area contributed by atoms with Gasteiger partial charge in [0.15, 0.2) is 9.79 Å². The molecule has 0 saturated heterocycles. The largest absolute Gasteiger partial charge is 0.606 e. The van der Waals surface area contributed by atoms with Crippen LogP contribution in [0.25, 0.3) is 0 Å². The Hall–Kier alpha value is -2.52. The first-order chi connectivity index (χ1) is 12.3. The second-order valence-electron chi connectivity index (χ2n) is 5.68. The van der Waals surface area contributed by atoms with Gasteiger partial charge < -0.3 is 9.87 Å². The monoisotopic (exact) mass is 380 g/mol. The van der Waals surface area contributed by atoms with Crippen molar-refractivity contribution in [1.29, 1.82) is 0 Å². The van der Waals surface area contributed by atoms with Crippen LogP contribution in [-0.2, 0) is 17.4 Å². The molecule has 0 amide bonds. The van der Waals surface area contributed by atoms with Crippen molar-refractivity contribution >= 4 is 22.8 Å². The van der Waals surface area contributed by atoms with Gasteiger partial charge in [-0.15, -0.1) is 5.10 Å². The summed E-state index contributed by atoms with van der Waals surface area (Å²) in [6.07, 6.45) is -2.98. The number of hydrogen-bond acceptors (Lipinski definition) is 4. The average Bonchev–Trinajstić information content (AvgIpc) is 3.06. The van der Waals surface area contributed by atoms with Gasteiger partial charge in [-0.1, -0.05) is 0 Å². The van der Waals surface area contributed by atoms with Crippen molar-refractivity contribution in [2.75, 3.05) is 5.32 Å². The molecule has 0 spiro atoms. The average molecular weight is 380 g/mol. The summed E-state index contributed by atoms with van der Waals surface area (Å²) < 4.78 is 50.9. The van der Waals surface area contributed by atoms with Gasteiger partial charge in [0.1, 0.15) is 6.33 Å². The zero-order valence-corrected chi connectivity index (χ0v) is 14.7. The highest BCUT2D eigenvalue weighted by molar-refractivity contribution is 7.91. The number of aryl methyl sites for hydroxylation is 2. The van der Waals surface area contributed by atoms with E-state index >= 15 is 0 Å². The molecule has 0 fully saturated rings. The summed E-state index contributed by atoms with van der Waals surface area (Å²) >= 11 is -1.58. The van der Waals surface area contributed by atoms with Crippen LogP contribution in [0.3, 0.4) is 0 Å². The van der Waals surface area contributed by atoms with Gasteiger partial charge in [0.05, 0.1) is 5.56 Å². The highest BCUT2D eigenvalue weighted by Crippen LogP contribution is 2.33. The Bertz CT molecular complexity index is 872. The normalized spacial score (nSPS) is 12.8. The van der Waals surface area contributed by atoms with Crippen molar-refractivity contribution in [3.63, 3.8) is 0 Å². The summed E-state index contributed by atoms with van der Waals surface area (Å²) in [6, 6.07) is 7.96. The molecule has 2 N–H and O–H groups in total. The number of H-pyrrole nitrogens is 1. The van der Waals surface area contributed by atoms with Crippen molar-refractivity contribution in [3.8, 4) is 0 Å². The summed E-state index contributed by atoms with van der Waals surface area (Å²) in [5, 5.41) is 9.52. The summed E-state index contributed by atoms with van der Waals surface area (Å²) in [6.45, 7) is 3.60. The third-order valence-corrected chi connectivity index (χ3v) is 5.43. The predicted octanol–water partition coefficient (Wildman–Crippen LogP) is 4.35. The molecule has 0 saturated carbocycles. The van der Waals surface area contributed by atoms with Gasteiger partial charge in [-0.25, -0.2) is 4.98 Å². The van der Waals surface area contributed by atoms with E-state index in [1.54, 1.807) is 26.0 Å². The van der Waals surface area contributed by atoms with E-state index in [-0.39, 0.29) is 0 Å². The van der Waals surface area contributed by atoms with E-state index in [0.717, 1.165) is 28.9 Å². The maximum Gasteiger partial charge on any atom is 0.416 e. The number of nitrogens with zero attached hydrogens (tertiary/aromatic N) is 2. The Balaban J connectivity index is 1.88. The number of rotatable bonds is 4. The molecule has 26 heavy (non-hydrogen) atoms. The highest BCUT2D eigenvalue weighted by atomic mass is 32.2. The Morgan fingerprint density at radius 1 is 1.08 bits per heavy atom. The van der Waals surface area contributed by atoms with Crippen LogP contribution in [0.1, 0.15) is 16.7 Å². The number of anilines is 2. The molecule has 1 atom stereocenters. The lowest BCUT2D eigenvalue weighted by Gasteiger charge is -2.16. The maximum absolute atomic E-state index is 12.9. The molecule has 3 aromatic rings. The SMILES string of the molecule is Cc1cc(Nc2nc[nH]n2)cc(C)c1[S+]([O-])c1ccc(C(F)(F)F)cc1. The van der Waals surface area contributed by atoms with Crippen molar-refractivity contribution in [3.05, 3.63) is 59.4 Å². The van der Waals surface area contributed by atoms with Crippen LogP contribution < -0.4 is 5.32 Å². The van der Waals surface area contributed by atoms with Crippen LogP contribution in [0.5, 0.6) is 0 Å². The summed E-state index contributed by atoms with van der Waals surface area (Å²) in [5.41, 5.74) is 1.47. The number of nitrogens with one attached hydrogen (secondary N) is 2. The molecule has 5 nitrogen and oxygen atoms in total. The molecule has 9 heteroatoms. The van der Waals surface area contributed by atoms with Gasteiger partial charge in [0.2, 0.25) is 5.95 Å². The Labute approximate surface area is 150 Å². The van der Waals surface area contributed by atoms with E-state index in [4.69, 9.17) is 0 Å². The lowest BCUT2D eigenvalue weighted by molar-refractivity contribution is -0.137. The van der Waals surface area contributed by atoms with Crippen LogP contribution in [0, 0.1) is 13.8 Å². The fourth-order valence-corrected chi connectivity index (χ4v) is 3.92. The van der Waals surface area contributed by atoms with E-state index in [0.29, 0.717) is 15.7 Å². The first-order valence-corrected chi connectivity index (χ1v) is 8.74. The lowest BCUT2D eigenvalue weighted by Crippen LogP contribution is -2.09. The fourth-order valence-electron chi connectivity index (χ4n) is 2.60. The van der Waals surface area contributed by atoms with Crippen LogP contribution in [0.15, 0.2) is 52.5 Å². The number of aromatic nitrogens is 3. The van der Waals surface area contributed by atoms with E-state index in [1.807, 2.05) is 0 Å². The van der Waals surface area contributed by atoms with Gasteiger partial charge in [-0.05, 0) is 50.2 Å². The third-order valence-electron chi connectivity index (χ3n) is 3.71. The zero-order valence-electron chi connectivity index (χ0n) is 13.9. The molecule has 0 aliphatic carbocycles. The Morgan fingerprint density at radius 2 is 1.69 bits per heavy atom. The minimum absolute atomic E-state index is 0.318. The first kappa shape index (κ1) is 18.3. The number of alkyl halides is 3. The molecule has 0 radical (unpaired) electrons. The first-order valence-electron chi connectivity index (χ1n) is 7.59. The molecule has 1 aromatic heterocycles. The minimum atomic E-state index is -4.42. The number of halogens is 3. The van der Waals surface area contributed by atoms with E-state index in [9.17, 15) is 17.7 Å². The fraction of sp³-hybridized carbons (Fsp3) is 0.176. The van der Waals surface area contributed by atoms with Gasteiger partial charge in [-0.2, -0.15) is 13.2 Å². The molecule has 0 aliphatic heterocycles. The van der Waals surface area contributed by atoms with Crippen molar-refractivity contribution < 1.29 is 17.7 Å². The summed E-state index contributed by atoms with van der Waals surface area (Å²) in [7, 11) is 0. The lowest BCUT2D eigenvalue weighted by atomic mass is 10.1. The van der Waals surface area contributed by atoms with Crippen molar-refractivity contribution in [2.24, 2.45) is 0 Å². The van der Waals surface area contributed by atoms with E-state index in [1.165, 1.54) is 18.5 Å². The smallest absolute Gasteiger partial charge is 0.416 e. The molecule has 0 aliphatic rings. The van der Waals surface area contributed by atoms with Crippen LogP contribution >= 0.6 is 0 Å².